The van der Waals surface area contributed by atoms with E-state index < -0.39 is 0 Å². The van der Waals surface area contributed by atoms with Crippen molar-refractivity contribution in [3.63, 3.8) is 0 Å². The molecule has 7 nitrogen and oxygen atoms in total. The van der Waals surface area contributed by atoms with E-state index in [4.69, 9.17) is 14.0 Å². The van der Waals surface area contributed by atoms with E-state index in [9.17, 15) is 4.79 Å². The predicted molar refractivity (Wildman–Crippen MR) is 109 cm³/mol. The van der Waals surface area contributed by atoms with Gasteiger partial charge in [0.2, 0.25) is 17.6 Å². The Morgan fingerprint density at radius 1 is 1.18 bits per heavy atom. The van der Waals surface area contributed by atoms with Crippen LogP contribution < -0.4 is 14.8 Å². The van der Waals surface area contributed by atoms with E-state index in [1.165, 1.54) is 37.4 Å². The lowest BCUT2D eigenvalue weighted by atomic mass is 10.1. The van der Waals surface area contributed by atoms with Gasteiger partial charge in [0.15, 0.2) is 11.5 Å². The van der Waals surface area contributed by atoms with Crippen molar-refractivity contribution in [2.75, 3.05) is 20.0 Å². The second-order valence-corrected chi connectivity index (χ2v) is 7.82. The van der Waals surface area contributed by atoms with Crippen molar-refractivity contribution in [3.05, 3.63) is 24.1 Å². The van der Waals surface area contributed by atoms with E-state index in [0.29, 0.717) is 40.8 Å². The number of hydrogen-bond acceptors (Lipinski definition) is 7. The summed E-state index contributed by atoms with van der Waals surface area (Å²) in [5, 5.41) is 7.17. The van der Waals surface area contributed by atoms with Crippen LogP contribution in [0, 0.1) is 0 Å². The molecule has 1 aromatic heterocycles. The van der Waals surface area contributed by atoms with Crippen molar-refractivity contribution < 1.29 is 18.8 Å². The van der Waals surface area contributed by atoms with Crippen LogP contribution in [0.2, 0.25) is 0 Å². The molecule has 1 amide bonds. The average molecular weight is 406 g/mol. The molecule has 0 atom stereocenters. The Kier molecular flexibility index (Phi) is 7.59. The predicted octanol–water partition coefficient (Wildman–Crippen LogP) is 3.83. The lowest BCUT2D eigenvalue weighted by molar-refractivity contribution is -0.119. The molecule has 0 spiro atoms. The maximum absolute atomic E-state index is 12.1. The molecule has 1 aromatic carbocycles. The number of amides is 1. The van der Waals surface area contributed by atoms with Gasteiger partial charge in [-0.25, -0.2) is 0 Å². The summed E-state index contributed by atoms with van der Waals surface area (Å²) >= 11 is 1.48. The van der Waals surface area contributed by atoms with Crippen LogP contribution in [0.4, 0.5) is 0 Å². The first kappa shape index (κ1) is 20.5. The van der Waals surface area contributed by atoms with Gasteiger partial charge in [0.25, 0.3) is 0 Å². The van der Waals surface area contributed by atoms with E-state index in [1.54, 1.807) is 26.4 Å². The van der Waals surface area contributed by atoms with Crippen molar-refractivity contribution in [1.29, 1.82) is 0 Å². The number of aromatic nitrogens is 2. The number of carbonyl (C=O) groups is 1. The molecule has 0 radical (unpaired) electrons. The monoisotopic (exact) mass is 405 g/mol. The van der Waals surface area contributed by atoms with Crippen LogP contribution in [-0.2, 0) is 10.5 Å². The summed E-state index contributed by atoms with van der Waals surface area (Å²) in [6.45, 7) is 0. The minimum absolute atomic E-state index is 0.0801. The van der Waals surface area contributed by atoms with Gasteiger partial charge in [-0.15, -0.1) is 11.8 Å². The summed E-state index contributed by atoms with van der Waals surface area (Å²) in [5.41, 5.74) is 0.781. The zero-order valence-corrected chi connectivity index (χ0v) is 17.2. The normalized spacial score (nSPS) is 15.1. The van der Waals surface area contributed by atoms with Crippen molar-refractivity contribution >= 4 is 17.7 Å². The third kappa shape index (κ3) is 5.64. The Balaban J connectivity index is 1.49. The Morgan fingerprint density at radius 2 is 1.93 bits per heavy atom. The highest BCUT2D eigenvalue weighted by molar-refractivity contribution is 7.99. The fraction of sp³-hybridized carbons (Fsp3) is 0.550. The molecule has 1 saturated carbocycles. The quantitative estimate of drug-likeness (QED) is 0.668. The van der Waals surface area contributed by atoms with E-state index in [1.807, 2.05) is 6.07 Å². The van der Waals surface area contributed by atoms with Crippen LogP contribution in [0.1, 0.15) is 44.4 Å². The largest absolute Gasteiger partial charge is 0.493 e. The first-order chi connectivity index (χ1) is 13.7. The van der Waals surface area contributed by atoms with Gasteiger partial charge in [0.1, 0.15) is 0 Å². The van der Waals surface area contributed by atoms with Gasteiger partial charge in [-0.3, -0.25) is 4.79 Å². The van der Waals surface area contributed by atoms with Crippen LogP contribution in [0.25, 0.3) is 11.4 Å². The zero-order valence-electron chi connectivity index (χ0n) is 16.4. The minimum Gasteiger partial charge on any atom is -0.493 e. The van der Waals surface area contributed by atoms with E-state index in [2.05, 4.69) is 15.5 Å². The highest BCUT2D eigenvalue weighted by Crippen LogP contribution is 2.31. The molecule has 0 bridgehead atoms. The van der Waals surface area contributed by atoms with Crippen molar-refractivity contribution in [1.82, 2.24) is 15.5 Å². The summed E-state index contributed by atoms with van der Waals surface area (Å²) in [6, 6.07) is 5.79. The number of benzene rings is 1. The molecule has 0 aliphatic heterocycles. The summed E-state index contributed by atoms with van der Waals surface area (Å²) in [4.78, 5) is 16.6. The summed E-state index contributed by atoms with van der Waals surface area (Å²) in [6.07, 6.45) is 7.16. The molecule has 1 aliphatic rings. The number of carbonyl (C=O) groups excluding carboxylic acids is 1. The molecule has 3 rings (SSSR count). The first-order valence-corrected chi connectivity index (χ1v) is 10.8. The molecular weight excluding hydrogens is 378 g/mol. The fourth-order valence-electron chi connectivity index (χ4n) is 3.33. The van der Waals surface area contributed by atoms with Crippen LogP contribution in [0.15, 0.2) is 22.7 Å². The molecule has 1 heterocycles. The Hall–Kier alpha value is -2.22. The second kappa shape index (κ2) is 10.4. The molecule has 1 fully saturated rings. The van der Waals surface area contributed by atoms with Gasteiger partial charge in [0.05, 0.1) is 25.7 Å². The number of methoxy groups -OCH3 is 2. The van der Waals surface area contributed by atoms with Crippen molar-refractivity contribution in [2.24, 2.45) is 0 Å². The third-order valence-corrected chi connectivity index (χ3v) is 5.71. The molecule has 0 unspecified atom stereocenters. The van der Waals surface area contributed by atoms with Crippen LogP contribution in [0.5, 0.6) is 11.5 Å². The maximum atomic E-state index is 12.1. The fourth-order valence-corrected chi connectivity index (χ4v) is 3.99. The van der Waals surface area contributed by atoms with E-state index in [-0.39, 0.29) is 5.91 Å². The minimum atomic E-state index is 0.0801. The number of thioether (sulfide) groups is 1. The molecule has 1 aliphatic carbocycles. The van der Waals surface area contributed by atoms with Gasteiger partial charge in [0, 0.05) is 11.6 Å². The van der Waals surface area contributed by atoms with E-state index in [0.717, 1.165) is 18.4 Å². The lowest BCUT2D eigenvalue weighted by Crippen LogP contribution is -2.35. The van der Waals surface area contributed by atoms with Crippen LogP contribution in [-0.4, -0.2) is 42.1 Å². The van der Waals surface area contributed by atoms with Gasteiger partial charge in [-0.05, 0) is 31.0 Å². The Morgan fingerprint density at radius 3 is 2.64 bits per heavy atom. The average Bonchev–Trinajstić information content (AvgIpc) is 3.04. The van der Waals surface area contributed by atoms with Crippen molar-refractivity contribution in [3.8, 4) is 22.9 Å². The van der Waals surface area contributed by atoms with E-state index >= 15 is 0 Å². The second-order valence-electron chi connectivity index (χ2n) is 6.83. The number of ether oxygens (including phenoxy) is 2. The van der Waals surface area contributed by atoms with Crippen LogP contribution in [0.3, 0.4) is 0 Å². The first-order valence-electron chi connectivity index (χ1n) is 9.61. The standard InChI is InChI=1S/C20H27N3O4S/c1-25-16-10-9-14(11-17(16)26-2)20-22-19(27-23-20)13-28-12-18(24)21-15-7-5-3-4-6-8-15/h9-11,15H,3-8,12-13H2,1-2H3,(H,21,24). The lowest BCUT2D eigenvalue weighted by Gasteiger charge is -2.15. The van der Waals surface area contributed by atoms with Gasteiger partial charge in [-0.1, -0.05) is 30.8 Å². The molecule has 1 N–H and O–H groups in total. The summed E-state index contributed by atoms with van der Waals surface area (Å²) in [7, 11) is 3.17. The Bertz CT molecular complexity index is 773. The molecule has 8 heteroatoms. The SMILES string of the molecule is COc1ccc(-c2noc(CSCC(=O)NC3CCCCCC3)n2)cc1OC. The topological polar surface area (TPSA) is 86.5 Å². The Labute approximate surface area is 169 Å². The summed E-state index contributed by atoms with van der Waals surface area (Å²) in [5.74, 6) is 3.21. The zero-order chi connectivity index (χ0) is 19.8. The number of nitrogens with zero attached hydrogens (tertiary/aromatic N) is 2. The van der Waals surface area contributed by atoms with Gasteiger partial charge in [-0.2, -0.15) is 4.98 Å². The molecule has 0 saturated heterocycles. The molecular formula is C20H27N3O4S. The number of rotatable bonds is 8. The summed E-state index contributed by atoms with van der Waals surface area (Å²) < 4.78 is 15.9. The molecule has 28 heavy (non-hydrogen) atoms. The van der Waals surface area contributed by atoms with Gasteiger partial charge < -0.3 is 19.3 Å². The highest BCUT2D eigenvalue weighted by Gasteiger charge is 2.16. The number of hydrogen-bond donors (Lipinski definition) is 1. The smallest absolute Gasteiger partial charge is 0.236 e. The number of nitrogens with one attached hydrogen (secondary N) is 1. The van der Waals surface area contributed by atoms with Gasteiger partial charge >= 0.3 is 0 Å². The third-order valence-electron chi connectivity index (χ3n) is 4.79. The molecule has 2 aromatic rings. The van der Waals surface area contributed by atoms with Crippen molar-refractivity contribution in [2.45, 2.75) is 50.3 Å². The molecule has 152 valence electrons. The maximum Gasteiger partial charge on any atom is 0.236 e. The highest BCUT2D eigenvalue weighted by atomic mass is 32.2. The van der Waals surface area contributed by atoms with Crippen LogP contribution >= 0.6 is 11.8 Å².